The van der Waals surface area contributed by atoms with Crippen LogP contribution in [0.4, 0.5) is 0 Å². The van der Waals surface area contributed by atoms with Crippen molar-refractivity contribution in [1.29, 1.82) is 0 Å². The number of aromatic nitrogens is 1. The monoisotopic (exact) mass is 544 g/mol. The molecule has 0 saturated carbocycles. The smallest absolute Gasteiger partial charge is 0.331 e. The first-order chi connectivity index (χ1) is 19.9. The lowest BCUT2D eigenvalue weighted by Crippen LogP contribution is -2.31. The van der Waals surface area contributed by atoms with Gasteiger partial charge in [-0.3, -0.25) is 9.78 Å². The molecule has 0 aliphatic heterocycles. The molecule has 1 N–H and O–H groups in total. The van der Waals surface area contributed by atoms with Crippen molar-refractivity contribution in [3.8, 4) is 0 Å². The lowest BCUT2D eigenvalue weighted by atomic mass is 9.93. The van der Waals surface area contributed by atoms with Crippen LogP contribution in [0.2, 0.25) is 0 Å². The van der Waals surface area contributed by atoms with E-state index in [1.54, 1.807) is 19.3 Å². The predicted molar refractivity (Wildman–Crippen MR) is 160 cm³/mol. The largest absolute Gasteiger partial charge is 0.463 e. The van der Waals surface area contributed by atoms with Crippen LogP contribution in [0.1, 0.15) is 52.1 Å². The number of aryl methyl sites for hydroxylation is 2. The third kappa shape index (κ3) is 6.61. The average molecular weight is 545 g/mol. The lowest BCUT2D eigenvalue weighted by Gasteiger charge is -2.22. The summed E-state index contributed by atoms with van der Waals surface area (Å²) in [4.78, 5) is 29.8. The molecule has 1 atom stereocenters. The fraction of sp³-hybridized carbons (Fsp3) is 0.171. The molecule has 6 nitrogen and oxygen atoms in total. The van der Waals surface area contributed by atoms with Crippen LogP contribution in [-0.4, -0.2) is 23.5 Å². The second-order valence-corrected chi connectivity index (χ2v) is 9.98. The topological polar surface area (TPSA) is 81.4 Å². The molecule has 0 spiro atoms. The van der Waals surface area contributed by atoms with E-state index in [0.29, 0.717) is 16.9 Å². The molecule has 2 heterocycles. The van der Waals surface area contributed by atoms with Crippen LogP contribution < -0.4 is 5.32 Å². The maximum atomic E-state index is 13.4. The molecule has 0 aliphatic carbocycles. The Balaban J connectivity index is 1.41. The molecule has 3 aromatic carbocycles. The number of amides is 1. The van der Waals surface area contributed by atoms with Crippen molar-refractivity contribution < 1.29 is 18.7 Å². The summed E-state index contributed by atoms with van der Waals surface area (Å²) >= 11 is 0. The molecule has 5 rings (SSSR count). The van der Waals surface area contributed by atoms with Gasteiger partial charge < -0.3 is 14.5 Å². The van der Waals surface area contributed by atoms with Crippen LogP contribution >= 0.6 is 0 Å². The number of nitrogens with one attached hydrogen (secondary N) is 1. The van der Waals surface area contributed by atoms with Crippen molar-refractivity contribution in [2.24, 2.45) is 0 Å². The number of hydrogen-bond donors (Lipinski definition) is 1. The van der Waals surface area contributed by atoms with Crippen molar-refractivity contribution in [2.75, 3.05) is 6.61 Å². The molecule has 6 heteroatoms. The van der Waals surface area contributed by atoms with Crippen molar-refractivity contribution in [3.63, 3.8) is 0 Å². The Morgan fingerprint density at radius 1 is 0.951 bits per heavy atom. The highest BCUT2D eigenvalue weighted by Crippen LogP contribution is 2.30. The van der Waals surface area contributed by atoms with Gasteiger partial charge >= 0.3 is 5.97 Å². The Kier molecular flexibility index (Phi) is 8.39. The maximum Gasteiger partial charge on any atom is 0.331 e. The van der Waals surface area contributed by atoms with Crippen molar-refractivity contribution in [1.82, 2.24) is 10.3 Å². The van der Waals surface area contributed by atoms with E-state index in [4.69, 9.17) is 9.15 Å². The van der Waals surface area contributed by atoms with Crippen molar-refractivity contribution in [3.05, 3.63) is 143 Å². The van der Waals surface area contributed by atoms with E-state index in [9.17, 15) is 9.59 Å². The summed E-state index contributed by atoms with van der Waals surface area (Å²) in [5, 5.41) is 4.09. The van der Waals surface area contributed by atoms with E-state index < -0.39 is 5.97 Å². The first-order valence-electron chi connectivity index (χ1n) is 13.6. The summed E-state index contributed by atoms with van der Waals surface area (Å²) < 4.78 is 11.3. The fourth-order valence-corrected chi connectivity index (χ4v) is 5.00. The summed E-state index contributed by atoms with van der Waals surface area (Å²) in [5.41, 5.74) is 7.31. The molecular formula is C35H32N2O4. The van der Waals surface area contributed by atoms with Crippen LogP contribution in [0.15, 0.2) is 108 Å². The lowest BCUT2D eigenvalue weighted by molar-refractivity contribution is -0.137. The number of ether oxygens (including phenoxy) is 1. The molecular weight excluding hydrogens is 512 g/mol. The highest BCUT2D eigenvalue weighted by Gasteiger charge is 2.20. The van der Waals surface area contributed by atoms with E-state index in [2.05, 4.69) is 42.3 Å². The van der Waals surface area contributed by atoms with Gasteiger partial charge in [-0.1, -0.05) is 60.2 Å². The number of rotatable bonds is 9. The Morgan fingerprint density at radius 3 is 2.46 bits per heavy atom. The number of fused-ring (bicyclic) bond motifs is 1. The third-order valence-corrected chi connectivity index (χ3v) is 6.93. The second-order valence-electron chi connectivity index (χ2n) is 9.98. The van der Waals surface area contributed by atoms with Crippen molar-refractivity contribution >= 4 is 28.4 Å². The van der Waals surface area contributed by atoms with Gasteiger partial charge in [-0.05, 0) is 78.9 Å². The molecule has 2 aromatic heterocycles. The molecule has 0 bridgehead atoms. The van der Waals surface area contributed by atoms with Gasteiger partial charge in [0.1, 0.15) is 11.3 Å². The SMILES string of the molecule is CCOC(=O)/C=C(\c1ccncc1)c1cc2cc(CC(=O)N[C@@H](c3ccccc3)c3ccc(C)cc3C)ccc2o1. The number of nitrogens with zero attached hydrogens (tertiary/aromatic N) is 1. The van der Waals surface area contributed by atoms with Gasteiger partial charge in [-0.25, -0.2) is 4.79 Å². The molecule has 1 amide bonds. The van der Waals surface area contributed by atoms with Gasteiger partial charge in [0.2, 0.25) is 5.91 Å². The van der Waals surface area contributed by atoms with Crippen molar-refractivity contribution in [2.45, 2.75) is 33.2 Å². The van der Waals surface area contributed by atoms with Crippen LogP contribution in [0, 0.1) is 13.8 Å². The molecule has 0 fully saturated rings. The Morgan fingerprint density at radius 2 is 1.73 bits per heavy atom. The first kappa shape index (κ1) is 27.6. The summed E-state index contributed by atoms with van der Waals surface area (Å²) in [6.07, 6.45) is 4.96. The van der Waals surface area contributed by atoms with Gasteiger partial charge in [0, 0.05) is 29.4 Å². The molecule has 0 unspecified atom stereocenters. The number of furan rings is 1. The van der Waals surface area contributed by atoms with Gasteiger partial charge in [0.25, 0.3) is 0 Å². The van der Waals surface area contributed by atoms with E-state index >= 15 is 0 Å². The minimum Gasteiger partial charge on any atom is -0.463 e. The number of carbonyl (C=O) groups excluding carboxylic acids is 2. The Bertz CT molecular complexity index is 1700. The normalized spacial score (nSPS) is 12.2. The zero-order chi connectivity index (χ0) is 28.8. The van der Waals surface area contributed by atoms with E-state index in [0.717, 1.165) is 33.2 Å². The Hall–Kier alpha value is -4.97. The summed E-state index contributed by atoms with van der Waals surface area (Å²) in [5.74, 6) is -0.00432. The summed E-state index contributed by atoms with van der Waals surface area (Å²) in [7, 11) is 0. The van der Waals surface area contributed by atoms with Gasteiger partial charge in [-0.15, -0.1) is 0 Å². The average Bonchev–Trinajstić information content (AvgIpc) is 3.39. The highest BCUT2D eigenvalue weighted by atomic mass is 16.5. The number of benzene rings is 3. The quantitative estimate of drug-likeness (QED) is 0.161. The second kappa shape index (κ2) is 12.5. The molecule has 5 aromatic rings. The molecule has 0 aliphatic rings. The van der Waals surface area contributed by atoms with E-state index in [1.165, 1.54) is 11.6 Å². The Labute approximate surface area is 239 Å². The zero-order valence-electron chi connectivity index (χ0n) is 23.4. The third-order valence-electron chi connectivity index (χ3n) is 6.93. The summed E-state index contributed by atoms with van der Waals surface area (Å²) in [6, 6.07) is 27.3. The summed E-state index contributed by atoms with van der Waals surface area (Å²) in [6.45, 7) is 6.18. The number of esters is 1. The van der Waals surface area contributed by atoms with Gasteiger partial charge in [0.05, 0.1) is 19.1 Å². The minimum absolute atomic E-state index is 0.0819. The number of pyridine rings is 1. The molecule has 0 radical (unpaired) electrons. The minimum atomic E-state index is -0.450. The van der Waals surface area contributed by atoms with Crippen LogP contribution in [0.3, 0.4) is 0 Å². The van der Waals surface area contributed by atoms with E-state index in [-0.39, 0.29) is 25.0 Å². The maximum absolute atomic E-state index is 13.4. The number of carbonyl (C=O) groups is 2. The molecule has 0 saturated heterocycles. The first-order valence-corrected chi connectivity index (χ1v) is 13.6. The van der Waals surface area contributed by atoms with E-state index in [1.807, 2.05) is 66.7 Å². The fourth-order valence-electron chi connectivity index (χ4n) is 5.00. The van der Waals surface area contributed by atoms with Crippen LogP contribution in [0.25, 0.3) is 16.5 Å². The standard InChI is InChI=1S/C35H32N2O4/c1-4-40-34(39)22-30(26-14-16-36-17-15-26)32-21-28-19-25(11-13-31(28)41-32)20-33(38)37-35(27-8-6-5-7-9-27)29-12-10-23(2)18-24(29)3/h5-19,21-22,35H,4,20H2,1-3H3,(H,37,38)/b30-22+/t35-/m0/s1. The zero-order valence-corrected chi connectivity index (χ0v) is 23.4. The van der Waals surface area contributed by atoms with Crippen LogP contribution in [-0.2, 0) is 20.7 Å². The predicted octanol–water partition coefficient (Wildman–Crippen LogP) is 6.89. The van der Waals surface area contributed by atoms with Gasteiger partial charge in [0.15, 0.2) is 0 Å². The molecule has 206 valence electrons. The van der Waals surface area contributed by atoms with Crippen LogP contribution in [0.5, 0.6) is 0 Å². The number of hydrogen-bond acceptors (Lipinski definition) is 5. The van der Waals surface area contributed by atoms with Gasteiger partial charge in [-0.2, -0.15) is 0 Å². The highest BCUT2D eigenvalue weighted by molar-refractivity contribution is 5.97. The molecule has 41 heavy (non-hydrogen) atoms.